The molecule has 0 radical (unpaired) electrons. The zero-order chi connectivity index (χ0) is 13.0. The van der Waals surface area contributed by atoms with Crippen molar-refractivity contribution in [2.75, 3.05) is 19.6 Å². The number of nitrogens with one attached hydrogen (secondary N) is 1. The first-order valence-corrected chi connectivity index (χ1v) is 6.87. The van der Waals surface area contributed by atoms with E-state index < -0.39 is 0 Å². The third-order valence-corrected chi connectivity index (χ3v) is 4.01. The van der Waals surface area contributed by atoms with Gasteiger partial charge in [-0.3, -0.25) is 9.59 Å². The van der Waals surface area contributed by atoms with Gasteiger partial charge in [0.25, 0.3) is 0 Å². The predicted molar refractivity (Wildman–Crippen MR) is 70.1 cm³/mol. The van der Waals surface area contributed by atoms with Gasteiger partial charge in [0.15, 0.2) is 0 Å². The van der Waals surface area contributed by atoms with Crippen LogP contribution in [0.4, 0.5) is 0 Å². The summed E-state index contributed by atoms with van der Waals surface area (Å²) in [6.07, 6.45) is 1.21. The van der Waals surface area contributed by atoms with E-state index in [2.05, 4.69) is 16.8 Å². The van der Waals surface area contributed by atoms with Crippen molar-refractivity contribution in [3.05, 3.63) is 21.9 Å². The molecule has 3 N–H and O–H groups in total. The van der Waals surface area contributed by atoms with Gasteiger partial charge in [0.2, 0.25) is 11.8 Å². The summed E-state index contributed by atoms with van der Waals surface area (Å²) in [6, 6.07) is 2.08. The lowest BCUT2D eigenvalue weighted by Gasteiger charge is -2.27. The van der Waals surface area contributed by atoms with Crippen LogP contribution in [0, 0.1) is 0 Å². The molecule has 18 heavy (non-hydrogen) atoms. The summed E-state index contributed by atoms with van der Waals surface area (Å²) in [6.45, 7) is 2.21. The first-order valence-electron chi connectivity index (χ1n) is 5.99. The van der Waals surface area contributed by atoms with Crippen molar-refractivity contribution in [3.63, 3.8) is 0 Å². The second kappa shape index (κ2) is 5.97. The summed E-state index contributed by atoms with van der Waals surface area (Å²) in [7, 11) is 0. The van der Waals surface area contributed by atoms with Gasteiger partial charge in [0, 0.05) is 30.9 Å². The maximum atomic E-state index is 11.9. The van der Waals surface area contributed by atoms with Crippen LogP contribution < -0.4 is 11.1 Å². The lowest BCUT2D eigenvalue weighted by molar-refractivity contribution is -0.131. The van der Waals surface area contributed by atoms with Crippen LogP contribution in [-0.4, -0.2) is 36.3 Å². The zero-order valence-corrected chi connectivity index (χ0v) is 11.0. The molecule has 0 atom stereocenters. The smallest absolute Gasteiger partial charge is 0.236 e. The van der Waals surface area contributed by atoms with Gasteiger partial charge in [-0.05, 0) is 23.4 Å². The number of amides is 2. The Morgan fingerprint density at radius 1 is 1.50 bits per heavy atom. The highest BCUT2D eigenvalue weighted by molar-refractivity contribution is 7.10. The highest BCUT2D eigenvalue weighted by Gasteiger charge is 2.20. The van der Waals surface area contributed by atoms with Crippen LogP contribution in [0.2, 0.25) is 0 Å². The molecule has 0 saturated heterocycles. The van der Waals surface area contributed by atoms with E-state index in [4.69, 9.17) is 5.73 Å². The van der Waals surface area contributed by atoms with Crippen LogP contribution in [0.25, 0.3) is 0 Å². The van der Waals surface area contributed by atoms with Crippen LogP contribution in [0.3, 0.4) is 0 Å². The number of primary amides is 1. The third kappa shape index (κ3) is 3.30. The normalized spacial score (nSPS) is 14.3. The molecule has 0 bridgehead atoms. The summed E-state index contributed by atoms with van der Waals surface area (Å²) >= 11 is 1.76. The van der Waals surface area contributed by atoms with Gasteiger partial charge in [0.05, 0.1) is 6.54 Å². The second-order valence-corrected chi connectivity index (χ2v) is 5.33. The SMILES string of the molecule is NC(=O)CCNCC(=O)N1CCc2sccc2C1. The minimum atomic E-state index is -0.351. The van der Waals surface area contributed by atoms with Gasteiger partial charge in [-0.1, -0.05) is 0 Å². The Bertz CT molecular complexity index is 444. The van der Waals surface area contributed by atoms with E-state index in [0.29, 0.717) is 13.1 Å². The van der Waals surface area contributed by atoms with Crippen LogP contribution in [0.15, 0.2) is 11.4 Å². The number of nitrogens with zero attached hydrogens (tertiary/aromatic N) is 1. The van der Waals surface area contributed by atoms with Crippen LogP contribution in [-0.2, 0) is 22.6 Å². The summed E-state index contributed by atoms with van der Waals surface area (Å²) in [4.78, 5) is 25.7. The number of nitrogens with two attached hydrogens (primary N) is 1. The average Bonchev–Trinajstić information content (AvgIpc) is 2.81. The van der Waals surface area contributed by atoms with Crippen molar-refractivity contribution in [2.24, 2.45) is 5.73 Å². The maximum absolute atomic E-state index is 11.9. The number of carbonyl (C=O) groups is 2. The van der Waals surface area contributed by atoms with Gasteiger partial charge in [-0.15, -0.1) is 11.3 Å². The molecular weight excluding hydrogens is 250 g/mol. The van der Waals surface area contributed by atoms with E-state index in [0.717, 1.165) is 13.0 Å². The van der Waals surface area contributed by atoms with Gasteiger partial charge in [-0.25, -0.2) is 0 Å². The van der Waals surface area contributed by atoms with Crippen molar-refractivity contribution in [1.82, 2.24) is 10.2 Å². The first-order chi connectivity index (χ1) is 8.66. The number of thiophene rings is 1. The van der Waals surface area contributed by atoms with Crippen LogP contribution in [0.5, 0.6) is 0 Å². The fourth-order valence-corrected chi connectivity index (χ4v) is 2.87. The molecule has 2 rings (SSSR count). The molecule has 1 aromatic heterocycles. The molecule has 1 aromatic rings. The molecule has 6 heteroatoms. The van der Waals surface area contributed by atoms with Gasteiger partial charge in [-0.2, -0.15) is 0 Å². The average molecular weight is 267 g/mol. The standard InChI is InChI=1S/C12H17N3O2S/c13-11(16)1-4-14-7-12(17)15-5-2-10-9(8-15)3-6-18-10/h3,6,14H,1-2,4-5,7-8H2,(H2,13,16). The Morgan fingerprint density at radius 3 is 3.11 bits per heavy atom. The van der Waals surface area contributed by atoms with Crippen molar-refractivity contribution in [2.45, 2.75) is 19.4 Å². The van der Waals surface area contributed by atoms with E-state index in [-0.39, 0.29) is 24.8 Å². The van der Waals surface area contributed by atoms with E-state index in [1.54, 1.807) is 11.3 Å². The van der Waals surface area contributed by atoms with Crippen molar-refractivity contribution in [1.29, 1.82) is 0 Å². The Kier molecular flexibility index (Phi) is 4.33. The molecule has 98 valence electrons. The lowest BCUT2D eigenvalue weighted by Crippen LogP contribution is -2.41. The lowest BCUT2D eigenvalue weighted by atomic mass is 10.1. The fourth-order valence-electron chi connectivity index (χ4n) is 1.98. The van der Waals surface area contributed by atoms with Crippen molar-refractivity contribution < 1.29 is 9.59 Å². The Balaban J connectivity index is 1.75. The molecule has 2 heterocycles. The van der Waals surface area contributed by atoms with E-state index >= 15 is 0 Å². The zero-order valence-electron chi connectivity index (χ0n) is 10.1. The summed E-state index contributed by atoms with van der Waals surface area (Å²) in [5, 5.41) is 5.02. The summed E-state index contributed by atoms with van der Waals surface area (Å²) < 4.78 is 0. The molecule has 0 aliphatic carbocycles. The minimum absolute atomic E-state index is 0.0799. The van der Waals surface area contributed by atoms with Gasteiger partial charge in [0.1, 0.15) is 0 Å². The summed E-state index contributed by atoms with van der Waals surface area (Å²) in [5.74, 6) is -0.271. The largest absolute Gasteiger partial charge is 0.370 e. The molecule has 2 amide bonds. The molecule has 0 spiro atoms. The van der Waals surface area contributed by atoms with E-state index in [1.165, 1.54) is 10.4 Å². The van der Waals surface area contributed by atoms with E-state index in [1.807, 2.05) is 4.90 Å². The highest BCUT2D eigenvalue weighted by atomic mass is 32.1. The molecule has 5 nitrogen and oxygen atoms in total. The minimum Gasteiger partial charge on any atom is -0.370 e. The predicted octanol–water partition coefficient (Wildman–Crippen LogP) is 0.0978. The second-order valence-electron chi connectivity index (χ2n) is 4.33. The summed E-state index contributed by atoms with van der Waals surface area (Å²) in [5.41, 5.74) is 6.28. The fraction of sp³-hybridized carbons (Fsp3) is 0.500. The van der Waals surface area contributed by atoms with Crippen molar-refractivity contribution >= 4 is 23.2 Å². The Labute approximate surface area is 110 Å². The maximum Gasteiger partial charge on any atom is 0.236 e. The quantitative estimate of drug-likeness (QED) is 0.743. The molecule has 0 unspecified atom stereocenters. The molecule has 0 saturated carbocycles. The van der Waals surface area contributed by atoms with Gasteiger partial charge < -0.3 is 16.0 Å². The Hall–Kier alpha value is -1.40. The Morgan fingerprint density at radius 2 is 2.33 bits per heavy atom. The molecule has 0 fully saturated rings. The molecule has 1 aliphatic rings. The van der Waals surface area contributed by atoms with Gasteiger partial charge >= 0.3 is 0 Å². The number of hydrogen-bond acceptors (Lipinski definition) is 4. The number of hydrogen-bond donors (Lipinski definition) is 2. The molecular formula is C12H17N3O2S. The van der Waals surface area contributed by atoms with Crippen LogP contribution >= 0.6 is 11.3 Å². The molecule has 1 aliphatic heterocycles. The van der Waals surface area contributed by atoms with Crippen molar-refractivity contribution in [3.8, 4) is 0 Å². The highest BCUT2D eigenvalue weighted by Crippen LogP contribution is 2.23. The van der Waals surface area contributed by atoms with E-state index in [9.17, 15) is 9.59 Å². The number of fused-ring (bicyclic) bond motifs is 1. The first kappa shape index (κ1) is 13.0. The number of rotatable bonds is 5. The number of carbonyl (C=O) groups excluding carboxylic acids is 2. The molecule has 0 aromatic carbocycles. The third-order valence-electron chi connectivity index (χ3n) is 2.98. The van der Waals surface area contributed by atoms with Crippen LogP contribution in [0.1, 0.15) is 16.9 Å². The monoisotopic (exact) mass is 267 g/mol. The topological polar surface area (TPSA) is 75.4 Å².